The normalized spacial score (nSPS) is 11.4. The summed E-state index contributed by atoms with van der Waals surface area (Å²) in [6.07, 6.45) is 7.69. The molecule has 0 saturated heterocycles. The summed E-state index contributed by atoms with van der Waals surface area (Å²) >= 11 is 0. The lowest BCUT2D eigenvalue weighted by molar-refractivity contribution is 0.530. The van der Waals surface area contributed by atoms with Gasteiger partial charge in [-0.3, -0.25) is 0 Å². The molecular weight excluding hydrogens is 238 g/mol. The van der Waals surface area contributed by atoms with E-state index in [0.29, 0.717) is 5.92 Å². The molecule has 0 bridgehead atoms. The van der Waals surface area contributed by atoms with E-state index in [1.807, 2.05) is 24.9 Å². The first-order valence-electron chi connectivity index (χ1n) is 6.90. The minimum absolute atomic E-state index is 0.657. The van der Waals surface area contributed by atoms with Gasteiger partial charge >= 0.3 is 0 Å². The van der Waals surface area contributed by atoms with Gasteiger partial charge in [0.25, 0.3) is 0 Å². The molecule has 0 fully saturated rings. The van der Waals surface area contributed by atoms with Crippen LogP contribution in [0.5, 0.6) is 0 Å². The minimum Gasteiger partial charge on any atom is -0.333 e. The molecule has 0 spiro atoms. The molecule has 0 unspecified atom stereocenters. The van der Waals surface area contributed by atoms with Crippen molar-refractivity contribution in [2.24, 2.45) is 5.92 Å². The molecule has 1 N–H and O–H groups in total. The van der Waals surface area contributed by atoms with Crippen LogP contribution in [0.1, 0.15) is 32.3 Å². The second kappa shape index (κ2) is 6.52. The zero-order valence-corrected chi connectivity index (χ0v) is 12.0. The highest BCUT2D eigenvalue weighted by Gasteiger charge is 2.06. The summed E-state index contributed by atoms with van der Waals surface area (Å²) in [6.45, 7) is 10.1. The SMILES string of the molecule is CCn1cncc1Cn1ccnc1CNCC(C)C. The van der Waals surface area contributed by atoms with Crippen molar-refractivity contribution in [2.75, 3.05) is 6.54 Å². The van der Waals surface area contributed by atoms with Gasteiger partial charge in [0.2, 0.25) is 0 Å². The van der Waals surface area contributed by atoms with Crippen molar-refractivity contribution in [3.05, 3.63) is 36.4 Å². The lowest BCUT2D eigenvalue weighted by atomic mass is 10.2. The molecule has 0 aliphatic rings. The zero-order valence-electron chi connectivity index (χ0n) is 12.0. The fourth-order valence-corrected chi connectivity index (χ4v) is 2.06. The molecule has 19 heavy (non-hydrogen) atoms. The molecule has 2 rings (SSSR count). The largest absolute Gasteiger partial charge is 0.333 e. The summed E-state index contributed by atoms with van der Waals surface area (Å²) in [7, 11) is 0. The number of nitrogens with zero attached hydrogens (tertiary/aromatic N) is 4. The molecule has 0 atom stereocenters. The predicted molar refractivity (Wildman–Crippen MR) is 75.8 cm³/mol. The van der Waals surface area contributed by atoms with Crippen molar-refractivity contribution < 1.29 is 0 Å². The number of hydrogen-bond acceptors (Lipinski definition) is 3. The Morgan fingerprint density at radius 2 is 2.16 bits per heavy atom. The maximum atomic E-state index is 4.42. The van der Waals surface area contributed by atoms with Gasteiger partial charge in [-0.05, 0) is 19.4 Å². The maximum absolute atomic E-state index is 4.42. The molecule has 0 radical (unpaired) electrons. The first-order valence-corrected chi connectivity index (χ1v) is 6.90. The quantitative estimate of drug-likeness (QED) is 0.828. The molecule has 2 heterocycles. The summed E-state index contributed by atoms with van der Waals surface area (Å²) in [5.41, 5.74) is 1.21. The third-order valence-electron chi connectivity index (χ3n) is 3.11. The Morgan fingerprint density at radius 3 is 2.89 bits per heavy atom. The number of nitrogens with one attached hydrogen (secondary N) is 1. The van der Waals surface area contributed by atoms with Crippen molar-refractivity contribution in [2.45, 2.75) is 40.4 Å². The van der Waals surface area contributed by atoms with E-state index in [-0.39, 0.29) is 0 Å². The van der Waals surface area contributed by atoms with Gasteiger partial charge < -0.3 is 14.5 Å². The molecule has 0 aliphatic heterocycles. The average molecular weight is 261 g/mol. The number of imidazole rings is 2. The van der Waals surface area contributed by atoms with E-state index in [0.717, 1.165) is 32.0 Å². The van der Waals surface area contributed by atoms with Gasteiger partial charge in [0.15, 0.2) is 0 Å². The van der Waals surface area contributed by atoms with E-state index in [9.17, 15) is 0 Å². The first-order chi connectivity index (χ1) is 9.20. The van der Waals surface area contributed by atoms with Crippen LogP contribution >= 0.6 is 0 Å². The molecular formula is C14H23N5. The van der Waals surface area contributed by atoms with E-state index in [4.69, 9.17) is 0 Å². The van der Waals surface area contributed by atoms with Crippen molar-refractivity contribution >= 4 is 0 Å². The molecule has 5 nitrogen and oxygen atoms in total. The van der Waals surface area contributed by atoms with Crippen LogP contribution in [0, 0.1) is 5.92 Å². The summed E-state index contributed by atoms with van der Waals surface area (Å²) in [5, 5.41) is 3.43. The molecule has 5 heteroatoms. The van der Waals surface area contributed by atoms with Crippen molar-refractivity contribution in [1.29, 1.82) is 0 Å². The summed E-state index contributed by atoms with van der Waals surface area (Å²) < 4.78 is 4.34. The highest BCUT2D eigenvalue weighted by Crippen LogP contribution is 2.06. The van der Waals surface area contributed by atoms with Gasteiger partial charge in [0.05, 0.1) is 25.1 Å². The van der Waals surface area contributed by atoms with Gasteiger partial charge in [-0.15, -0.1) is 0 Å². The van der Waals surface area contributed by atoms with Crippen LogP contribution in [-0.2, 0) is 19.6 Å². The van der Waals surface area contributed by atoms with Crippen molar-refractivity contribution in [1.82, 2.24) is 24.4 Å². The Balaban J connectivity index is 1.99. The predicted octanol–water partition coefficient (Wildman–Crippen LogP) is 1.89. The van der Waals surface area contributed by atoms with Crippen LogP contribution in [0.3, 0.4) is 0 Å². The van der Waals surface area contributed by atoms with Crippen LogP contribution in [-0.4, -0.2) is 25.6 Å². The minimum atomic E-state index is 0.657. The number of hydrogen-bond donors (Lipinski definition) is 1. The third kappa shape index (κ3) is 3.67. The summed E-state index contributed by atoms with van der Waals surface area (Å²) in [4.78, 5) is 8.62. The average Bonchev–Trinajstić information content (AvgIpc) is 2.99. The second-order valence-corrected chi connectivity index (χ2v) is 5.17. The Hall–Kier alpha value is -1.62. The number of aromatic nitrogens is 4. The molecule has 2 aromatic rings. The molecule has 0 aromatic carbocycles. The number of aryl methyl sites for hydroxylation is 1. The lowest BCUT2D eigenvalue weighted by Crippen LogP contribution is -2.21. The van der Waals surface area contributed by atoms with Crippen molar-refractivity contribution in [3.63, 3.8) is 0 Å². The standard InChI is InChI=1S/C14H23N5/c1-4-18-11-16-8-13(18)10-19-6-5-17-14(19)9-15-7-12(2)3/h5-6,8,11-12,15H,4,7,9-10H2,1-3H3. The number of rotatable bonds is 7. The fraction of sp³-hybridized carbons (Fsp3) is 0.571. The molecule has 0 saturated carbocycles. The van der Waals surface area contributed by atoms with Crippen molar-refractivity contribution in [3.8, 4) is 0 Å². The van der Waals surface area contributed by atoms with E-state index in [1.54, 1.807) is 0 Å². The Labute approximate surface area is 114 Å². The zero-order chi connectivity index (χ0) is 13.7. The van der Waals surface area contributed by atoms with Crippen LogP contribution in [0.25, 0.3) is 0 Å². The van der Waals surface area contributed by atoms with E-state index >= 15 is 0 Å². The van der Waals surface area contributed by atoms with Gasteiger partial charge in [-0.1, -0.05) is 13.8 Å². The highest BCUT2D eigenvalue weighted by atomic mass is 15.1. The van der Waals surface area contributed by atoms with Crippen LogP contribution < -0.4 is 5.32 Å². The summed E-state index contributed by atoms with van der Waals surface area (Å²) in [6, 6.07) is 0. The van der Waals surface area contributed by atoms with E-state index in [1.165, 1.54) is 5.69 Å². The Morgan fingerprint density at radius 1 is 1.32 bits per heavy atom. The van der Waals surface area contributed by atoms with Gasteiger partial charge in [0.1, 0.15) is 5.82 Å². The second-order valence-electron chi connectivity index (χ2n) is 5.17. The maximum Gasteiger partial charge on any atom is 0.123 e. The molecule has 0 aliphatic carbocycles. The monoisotopic (exact) mass is 261 g/mol. The summed E-state index contributed by atoms with van der Waals surface area (Å²) in [5.74, 6) is 1.73. The van der Waals surface area contributed by atoms with Crippen LogP contribution in [0.2, 0.25) is 0 Å². The molecule has 0 amide bonds. The smallest absolute Gasteiger partial charge is 0.123 e. The van der Waals surface area contributed by atoms with Crippen LogP contribution in [0.4, 0.5) is 0 Å². The first kappa shape index (κ1) is 13.8. The molecule has 2 aromatic heterocycles. The van der Waals surface area contributed by atoms with Gasteiger partial charge in [0, 0.05) is 25.1 Å². The molecule has 104 valence electrons. The van der Waals surface area contributed by atoms with E-state index in [2.05, 4.69) is 45.2 Å². The fourth-order valence-electron chi connectivity index (χ4n) is 2.06. The highest BCUT2D eigenvalue weighted by molar-refractivity contribution is 5.03. The Kier molecular flexibility index (Phi) is 4.74. The third-order valence-corrected chi connectivity index (χ3v) is 3.11. The van der Waals surface area contributed by atoms with Crippen LogP contribution in [0.15, 0.2) is 24.9 Å². The van der Waals surface area contributed by atoms with Gasteiger partial charge in [-0.25, -0.2) is 9.97 Å². The van der Waals surface area contributed by atoms with Gasteiger partial charge in [-0.2, -0.15) is 0 Å². The lowest BCUT2D eigenvalue weighted by Gasteiger charge is -2.11. The van der Waals surface area contributed by atoms with E-state index < -0.39 is 0 Å². The Bertz CT molecular complexity index is 497. The topological polar surface area (TPSA) is 47.7 Å².